The standard InChI is InChI=1S/C22H33N3O3/c1-17(26)25(20-15-11-12-18(23)16-20)22(28)21(27)24-19-13-9-7-5-3-2-4-6-8-10-14-19/h11-12,15-16,19H,2-10,13-14,23H2,1H3,(H,24,27). The summed E-state index contributed by atoms with van der Waals surface area (Å²) < 4.78 is 0. The molecule has 0 bridgehead atoms. The van der Waals surface area contributed by atoms with Crippen molar-refractivity contribution >= 4 is 29.1 Å². The lowest BCUT2D eigenvalue weighted by Crippen LogP contribution is -2.48. The fourth-order valence-corrected chi connectivity index (χ4v) is 3.76. The molecule has 0 unspecified atom stereocenters. The van der Waals surface area contributed by atoms with E-state index in [1.165, 1.54) is 45.1 Å². The summed E-state index contributed by atoms with van der Waals surface area (Å²) in [6, 6.07) is 6.41. The Kier molecular flexibility index (Phi) is 8.98. The Morgan fingerprint density at radius 3 is 1.96 bits per heavy atom. The predicted octanol–water partition coefficient (Wildman–Crippen LogP) is 3.94. The molecule has 0 aromatic heterocycles. The van der Waals surface area contributed by atoms with Crippen molar-refractivity contribution in [3.05, 3.63) is 24.3 Å². The molecule has 3 N–H and O–H groups in total. The van der Waals surface area contributed by atoms with Crippen molar-refractivity contribution in [2.45, 2.75) is 83.6 Å². The number of hydrogen-bond acceptors (Lipinski definition) is 4. The first-order chi connectivity index (χ1) is 13.5. The molecular formula is C22H33N3O3. The molecule has 1 aromatic rings. The summed E-state index contributed by atoms with van der Waals surface area (Å²) in [5.74, 6) is -2.09. The summed E-state index contributed by atoms with van der Waals surface area (Å²) in [5, 5.41) is 2.88. The van der Waals surface area contributed by atoms with Crippen LogP contribution in [0, 0.1) is 0 Å². The average molecular weight is 388 g/mol. The minimum absolute atomic E-state index is 0.0227. The minimum atomic E-state index is -0.857. The molecule has 0 spiro atoms. The molecule has 6 nitrogen and oxygen atoms in total. The molecule has 0 atom stereocenters. The second kappa shape index (κ2) is 11.5. The van der Waals surface area contributed by atoms with Gasteiger partial charge in [0, 0.05) is 18.7 Å². The van der Waals surface area contributed by atoms with Gasteiger partial charge in [0.05, 0.1) is 5.69 Å². The molecule has 0 aliphatic heterocycles. The molecule has 1 aliphatic rings. The summed E-state index contributed by atoms with van der Waals surface area (Å²) in [4.78, 5) is 38.2. The van der Waals surface area contributed by atoms with Crippen LogP contribution >= 0.6 is 0 Å². The van der Waals surface area contributed by atoms with E-state index < -0.39 is 17.7 Å². The molecule has 0 saturated heterocycles. The summed E-state index contributed by atoms with van der Waals surface area (Å²) in [6.07, 6.45) is 12.5. The second-order valence-corrected chi connectivity index (χ2v) is 7.68. The molecule has 6 heteroatoms. The van der Waals surface area contributed by atoms with Gasteiger partial charge >= 0.3 is 11.8 Å². The first-order valence-corrected chi connectivity index (χ1v) is 10.5. The van der Waals surface area contributed by atoms with E-state index in [9.17, 15) is 14.4 Å². The zero-order valence-corrected chi connectivity index (χ0v) is 16.9. The molecule has 2 rings (SSSR count). The Morgan fingerprint density at radius 1 is 0.929 bits per heavy atom. The van der Waals surface area contributed by atoms with Crippen LogP contribution in [-0.2, 0) is 14.4 Å². The highest BCUT2D eigenvalue weighted by Gasteiger charge is 2.28. The lowest BCUT2D eigenvalue weighted by Gasteiger charge is -2.22. The molecule has 154 valence electrons. The van der Waals surface area contributed by atoms with E-state index in [1.807, 2.05) is 0 Å². The predicted molar refractivity (Wildman–Crippen MR) is 112 cm³/mol. The highest BCUT2D eigenvalue weighted by molar-refractivity contribution is 6.45. The molecule has 28 heavy (non-hydrogen) atoms. The number of nitrogens with two attached hydrogens (primary N) is 1. The number of amides is 3. The van der Waals surface area contributed by atoms with Crippen LogP contribution in [0.1, 0.15) is 77.6 Å². The maximum atomic E-state index is 12.7. The van der Waals surface area contributed by atoms with Gasteiger partial charge in [0.15, 0.2) is 0 Å². The van der Waals surface area contributed by atoms with Gasteiger partial charge in [-0.2, -0.15) is 0 Å². The van der Waals surface area contributed by atoms with Gasteiger partial charge in [0.25, 0.3) is 0 Å². The van der Waals surface area contributed by atoms with E-state index in [-0.39, 0.29) is 6.04 Å². The van der Waals surface area contributed by atoms with Crippen molar-refractivity contribution in [3.63, 3.8) is 0 Å². The lowest BCUT2D eigenvalue weighted by atomic mass is 9.98. The molecule has 0 radical (unpaired) electrons. The number of anilines is 2. The van der Waals surface area contributed by atoms with Gasteiger partial charge in [0.2, 0.25) is 5.91 Å². The van der Waals surface area contributed by atoms with Gasteiger partial charge in [0.1, 0.15) is 0 Å². The summed E-state index contributed by atoms with van der Waals surface area (Å²) >= 11 is 0. The van der Waals surface area contributed by atoms with Crippen LogP contribution in [-0.4, -0.2) is 23.8 Å². The number of nitrogens with zero attached hydrogens (tertiary/aromatic N) is 1. The maximum absolute atomic E-state index is 12.7. The largest absolute Gasteiger partial charge is 0.399 e. The zero-order valence-electron chi connectivity index (χ0n) is 16.9. The number of nitrogens with one attached hydrogen (secondary N) is 1. The Labute approximate surface area is 167 Å². The smallest absolute Gasteiger partial charge is 0.323 e. The SMILES string of the molecule is CC(=O)N(C(=O)C(=O)NC1CCCCCCCCCCC1)c1cccc(N)c1. The quantitative estimate of drug-likeness (QED) is 0.594. The fraction of sp³-hybridized carbons (Fsp3) is 0.591. The number of carbonyl (C=O) groups is 3. The number of carbonyl (C=O) groups excluding carboxylic acids is 3. The number of benzene rings is 1. The topological polar surface area (TPSA) is 92.5 Å². The number of hydrogen-bond donors (Lipinski definition) is 2. The average Bonchev–Trinajstić information content (AvgIpc) is 2.63. The summed E-state index contributed by atoms with van der Waals surface area (Å²) in [6.45, 7) is 1.27. The molecule has 1 aliphatic carbocycles. The van der Waals surface area contributed by atoms with E-state index in [4.69, 9.17) is 5.73 Å². The first-order valence-electron chi connectivity index (χ1n) is 10.5. The fourth-order valence-electron chi connectivity index (χ4n) is 3.76. The molecule has 3 amide bonds. The van der Waals surface area contributed by atoms with Crippen molar-refractivity contribution in [1.82, 2.24) is 5.32 Å². The van der Waals surface area contributed by atoms with Gasteiger partial charge in [-0.1, -0.05) is 63.9 Å². The van der Waals surface area contributed by atoms with Gasteiger partial charge in [-0.25, -0.2) is 4.90 Å². The maximum Gasteiger partial charge on any atom is 0.323 e. The Morgan fingerprint density at radius 2 is 1.46 bits per heavy atom. The third-order valence-corrected chi connectivity index (χ3v) is 5.28. The Balaban J connectivity index is 2.02. The molecular weight excluding hydrogens is 354 g/mol. The van der Waals surface area contributed by atoms with Gasteiger partial charge in [-0.3, -0.25) is 14.4 Å². The Bertz CT molecular complexity index is 663. The van der Waals surface area contributed by atoms with E-state index in [1.54, 1.807) is 18.2 Å². The van der Waals surface area contributed by atoms with Crippen LogP contribution in [0.3, 0.4) is 0 Å². The highest BCUT2D eigenvalue weighted by atomic mass is 16.2. The summed E-state index contributed by atoms with van der Waals surface area (Å²) in [7, 11) is 0. The van der Waals surface area contributed by atoms with Crippen molar-refractivity contribution in [1.29, 1.82) is 0 Å². The van der Waals surface area contributed by atoms with Gasteiger partial charge < -0.3 is 11.1 Å². The highest BCUT2D eigenvalue weighted by Crippen LogP contribution is 2.19. The van der Waals surface area contributed by atoms with Crippen molar-refractivity contribution in [2.75, 3.05) is 10.6 Å². The molecule has 1 aromatic carbocycles. The number of nitrogen functional groups attached to an aromatic ring is 1. The van der Waals surface area contributed by atoms with E-state index >= 15 is 0 Å². The number of imide groups is 1. The van der Waals surface area contributed by atoms with E-state index in [0.29, 0.717) is 11.4 Å². The second-order valence-electron chi connectivity index (χ2n) is 7.68. The van der Waals surface area contributed by atoms with Crippen LogP contribution < -0.4 is 16.0 Å². The van der Waals surface area contributed by atoms with Gasteiger partial charge in [-0.15, -0.1) is 0 Å². The van der Waals surface area contributed by atoms with Crippen LogP contribution in [0.15, 0.2) is 24.3 Å². The number of rotatable bonds is 2. The molecule has 1 saturated carbocycles. The first kappa shape index (κ1) is 21.9. The summed E-state index contributed by atoms with van der Waals surface area (Å²) in [5.41, 5.74) is 6.49. The molecule has 1 fully saturated rings. The van der Waals surface area contributed by atoms with Crippen LogP contribution in [0.5, 0.6) is 0 Å². The Hall–Kier alpha value is -2.37. The van der Waals surface area contributed by atoms with Crippen molar-refractivity contribution in [2.24, 2.45) is 0 Å². The monoisotopic (exact) mass is 387 g/mol. The molecule has 0 heterocycles. The third kappa shape index (κ3) is 6.98. The van der Waals surface area contributed by atoms with Crippen molar-refractivity contribution < 1.29 is 14.4 Å². The zero-order chi connectivity index (χ0) is 20.4. The lowest BCUT2D eigenvalue weighted by molar-refractivity contribution is -0.139. The van der Waals surface area contributed by atoms with E-state index in [2.05, 4.69) is 5.32 Å². The minimum Gasteiger partial charge on any atom is -0.399 e. The normalized spacial score (nSPS) is 17.0. The van der Waals surface area contributed by atoms with Crippen LogP contribution in [0.4, 0.5) is 11.4 Å². The van der Waals surface area contributed by atoms with Gasteiger partial charge in [-0.05, 0) is 31.0 Å². The van der Waals surface area contributed by atoms with E-state index in [0.717, 1.165) is 43.4 Å². The van der Waals surface area contributed by atoms with Crippen LogP contribution in [0.25, 0.3) is 0 Å². The van der Waals surface area contributed by atoms with Crippen LogP contribution in [0.2, 0.25) is 0 Å². The third-order valence-electron chi connectivity index (χ3n) is 5.28. The van der Waals surface area contributed by atoms with Crippen molar-refractivity contribution in [3.8, 4) is 0 Å².